The Bertz CT molecular complexity index is 33.2. The summed E-state index contributed by atoms with van der Waals surface area (Å²) in [6, 6.07) is 0. The molecule has 0 bridgehead atoms. The molecule has 0 aromatic rings. The van der Waals surface area contributed by atoms with Crippen molar-refractivity contribution in [1.29, 1.82) is 0 Å². The molecule has 0 unspecified atom stereocenters. The zero-order valence-corrected chi connectivity index (χ0v) is 3.07. The van der Waals surface area contributed by atoms with Gasteiger partial charge < -0.3 is 5.32 Å². The van der Waals surface area contributed by atoms with Gasteiger partial charge in [-0.25, -0.2) is 0 Å². The monoisotopic (exact) mass is 85.1 g/mol. The molecule has 0 saturated heterocycles. The first-order valence-corrected chi connectivity index (χ1v) is 1.39. The molecule has 0 aliphatic carbocycles. The van der Waals surface area contributed by atoms with Crippen LogP contribution in [-0.4, -0.2) is 0 Å². The Kier molecular flexibility index (Phi) is 13.3. The van der Waals surface area contributed by atoms with Gasteiger partial charge in [0, 0.05) is 0 Å². The maximum atomic E-state index is 3.37. The third-order valence-corrected chi connectivity index (χ3v) is 0.236. The van der Waals surface area contributed by atoms with Crippen LogP contribution in [0.5, 0.6) is 0 Å². The van der Waals surface area contributed by atoms with Crippen molar-refractivity contribution in [2.75, 3.05) is 0 Å². The summed E-state index contributed by atoms with van der Waals surface area (Å²) in [5.74, 6) is 0. The van der Waals surface area contributed by atoms with Crippen molar-refractivity contribution in [3.8, 4) is 0 Å². The van der Waals surface area contributed by atoms with Crippen LogP contribution in [0.2, 0.25) is 0 Å². The maximum absolute atomic E-state index is 3.37. The number of hydrogen-bond acceptors (Lipinski definition) is 1. The van der Waals surface area contributed by atoms with E-state index in [0.717, 1.165) is 0 Å². The largest absolute Gasteiger partial charge is 0.369 e. The van der Waals surface area contributed by atoms with Gasteiger partial charge >= 0.3 is 0 Å². The summed E-state index contributed by atoms with van der Waals surface area (Å²) in [7, 11) is 0. The Labute approximate surface area is 39.4 Å². The third kappa shape index (κ3) is 10.4. The number of nitrogens with one attached hydrogen (secondary N) is 1. The minimum Gasteiger partial charge on any atom is -0.369 e. The molecule has 0 fully saturated rings. The van der Waals surface area contributed by atoms with Gasteiger partial charge in [0.15, 0.2) is 0 Å². The van der Waals surface area contributed by atoms with Crippen molar-refractivity contribution in [3.05, 3.63) is 25.6 Å². The Morgan fingerprint density at radius 1 is 1.17 bits per heavy atom. The van der Waals surface area contributed by atoms with Crippen molar-refractivity contribution < 1.29 is 0 Å². The Morgan fingerprint density at radius 2 is 1.50 bits per heavy atom. The summed E-state index contributed by atoms with van der Waals surface area (Å²) in [5.41, 5.74) is 0. The molecular weight excluding hydrogens is 74.1 g/mol. The molecule has 0 atom stereocenters. The fraction of sp³-hybridized carbons (Fsp3) is 0.200. The topological polar surface area (TPSA) is 12.0 Å². The first-order valence-electron chi connectivity index (χ1n) is 1.39. The predicted octanol–water partition coefficient (Wildman–Crippen LogP) is 1.50. The molecule has 1 N–H and O–H groups in total. The quantitative estimate of drug-likeness (QED) is 0.535. The van der Waals surface area contributed by atoms with E-state index in [4.69, 9.17) is 0 Å². The van der Waals surface area contributed by atoms with Crippen molar-refractivity contribution >= 4 is 0 Å². The van der Waals surface area contributed by atoms with Crippen LogP contribution >= 0.6 is 0 Å². The van der Waals surface area contributed by atoms with E-state index in [-0.39, 0.29) is 7.43 Å². The van der Waals surface area contributed by atoms with E-state index in [0.29, 0.717) is 0 Å². The maximum Gasteiger partial charge on any atom is -0.00679 e. The zero-order chi connectivity index (χ0) is 4.12. The molecule has 0 heterocycles. The normalized spacial score (nSPS) is 4.67. The van der Waals surface area contributed by atoms with Crippen LogP contribution in [-0.2, 0) is 0 Å². The van der Waals surface area contributed by atoms with E-state index in [1.54, 1.807) is 12.4 Å². The van der Waals surface area contributed by atoms with Crippen molar-refractivity contribution in [2.45, 2.75) is 7.43 Å². The molecule has 0 aromatic heterocycles. The summed E-state index contributed by atoms with van der Waals surface area (Å²) < 4.78 is 0. The lowest BCUT2D eigenvalue weighted by atomic mass is 10.9. The van der Waals surface area contributed by atoms with Crippen LogP contribution in [0.1, 0.15) is 7.43 Å². The lowest BCUT2D eigenvalue weighted by Gasteiger charge is -1.75. The molecule has 0 radical (unpaired) electrons. The standard InChI is InChI=1S/C4H7N.CH4/c1-3-5-4-2;/h3-5H,1-2H2;1H4. The Hall–Kier alpha value is -0.720. The van der Waals surface area contributed by atoms with Crippen LogP contribution in [0.3, 0.4) is 0 Å². The number of rotatable bonds is 2. The molecule has 6 heavy (non-hydrogen) atoms. The molecule has 1 nitrogen and oxygen atoms in total. The van der Waals surface area contributed by atoms with Crippen LogP contribution in [0, 0.1) is 0 Å². The van der Waals surface area contributed by atoms with E-state index in [1.165, 1.54) is 0 Å². The molecule has 0 saturated carbocycles. The minimum absolute atomic E-state index is 0. The molecule has 0 amide bonds. The van der Waals surface area contributed by atoms with Gasteiger partial charge in [-0.1, -0.05) is 20.6 Å². The molecule has 0 aliphatic heterocycles. The SMILES string of the molecule is C.C=CNC=C. The molecule has 36 valence electrons. The summed E-state index contributed by atoms with van der Waals surface area (Å²) in [6.07, 6.45) is 3.12. The van der Waals surface area contributed by atoms with E-state index in [9.17, 15) is 0 Å². The second kappa shape index (κ2) is 8.86. The Morgan fingerprint density at radius 3 is 1.50 bits per heavy atom. The van der Waals surface area contributed by atoms with Crippen LogP contribution in [0.25, 0.3) is 0 Å². The summed E-state index contributed by atoms with van der Waals surface area (Å²) >= 11 is 0. The zero-order valence-electron chi connectivity index (χ0n) is 3.07. The summed E-state index contributed by atoms with van der Waals surface area (Å²) in [5, 5.41) is 2.64. The second-order valence-corrected chi connectivity index (χ2v) is 0.575. The van der Waals surface area contributed by atoms with Crippen molar-refractivity contribution in [3.63, 3.8) is 0 Å². The van der Waals surface area contributed by atoms with Gasteiger partial charge in [0.25, 0.3) is 0 Å². The van der Waals surface area contributed by atoms with Gasteiger partial charge in [0.2, 0.25) is 0 Å². The highest BCUT2D eigenvalue weighted by Gasteiger charge is 1.43. The second-order valence-electron chi connectivity index (χ2n) is 0.575. The molecule has 0 spiro atoms. The smallest absolute Gasteiger partial charge is 0.00679 e. The van der Waals surface area contributed by atoms with Gasteiger partial charge in [-0.15, -0.1) is 0 Å². The molecule has 0 aliphatic rings. The average molecular weight is 85.2 g/mol. The van der Waals surface area contributed by atoms with Gasteiger partial charge in [-0.2, -0.15) is 0 Å². The van der Waals surface area contributed by atoms with E-state index in [1.807, 2.05) is 0 Å². The number of hydrogen-bond donors (Lipinski definition) is 1. The van der Waals surface area contributed by atoms with Gasteiger partial charge in [-0.05, 0) is 12.4 Å². The van der Waals surface area contributed by atoms with Crippen LogP contribution < -0.4 is 5.32 Å². The predicted molar refractivity (Wildman–Crippen MR) is 30.3 cm³/mol. The Balaban J connectivity index is 0. The van der Waals surface area contributed by atoms with Crippen molar-refractivity contribution in [2.24, 2.45) is 0 Å². The van der Waals surface area contributed by atoms with E-state index >= 15 is 0 Å². The fourth-order valence-corrected chi connectivity index (χ4v) is 0.0833. The molecular formula is C5H11N. The van der Waals surface area contributed by atoms with Gasteiger partial charge in [-0.3, -0.25) is 0 Å². The van der Waals surface area contributed by atoms with Crippen molar-refractivity contribution in [1.82, 2.24) is 5.32 Å². The highest BCUT2D eigenvalue weighted by atomic mass is 14.8. The highest BCUT2D eigenvalue weighted by Crippen LogP contribution is 1.46. The van der Waals surface area contributed by atoms with Crippen LogP contribution in [0.4, 0.5) is 0 Å². The summed E-state index contributed by atoms with van der Waals surface area (Å²) in [6.45, 7) is 6.74. The average Bonchev–Trinajstić information content (AvgIpc) is 1.41. The lowest BCUT2D eigenvalue weighted by molar-refractivity contribution is 1.21. The lowest BCUT2D eigenvalue weighted by Crippen LogP contribution is -1.85. The van der Waals surface area contributed by atoms with E-state index < -0.39 is 0 Å². The minimum atomic E-state index is 0. The first kappa shape index (κ1) is 8.99. The molecule has 0 rings (SSSR count). The summed E-state index contributed by atoms with van der Waals surface area (Å²) in [4.78, 5) is 0. The van der Waals surface area contributed by atoms with Crippen LogP contribution in [0.15, 0.2) is 25.6 Å². The first-order chi connectivity index (χ1) is 2.41. The molecule has 0 aromatic carbocycles. The third-order valence-electron chi connectivity index (χ3n) is 0.236. The van der Waals surface area contributed by atoms with E-state index in [2.05, 4.69) is 18.5 Å². The fourth-order valence-electron chi connectivity index (χ4n) is 0.0833. The highest BCUT2D eigenvalue weighted by molar-refractivity contribution is 4.72. The molecule has 1 heteroatoms. The van der Waals surface area contributed by atoms with Gasteiger partial charge in [0.1, 0.15) is 0 Å². The van der Waals surface area contributed by atoms with Gasteiger partial charge in [0.05, 0.1) is 0 Å².